The van der Waals surface area contributed by atoms with Crippen LogP contribution in [0.4, 0.5) is 0 Å². The molecule has 0 radical (unpaired) electrons. The van der Waals surface area contributed by atoms with Crippen LogP contribution in [-0.2, 0) is 9.59 Å². The van der Waals surface area contributed by atoms with Gasteiger partial charge >= 0.3 is 0 Å². The van der Waals surface area contributed by atoms with E-state index >= 15 is 0 Å². The normalized spacial score (nSPS) is 18.3. The van der Waals surface area contributed by atoms with Gasteiger partial charge in [0.1, 0.15) is 11.5 Å². The zero-order chi connectivity index (χ0) is 33.2. The lowest BCUT2D eigenvalue weighted by molar-refractivity contribution is -0.130. The van der Waals surface area contributed by atoms with E-state index in [1.807, 2.05) is 53.7 Å². The van der Waals surface area contributed by atoms with Crippen molar-refractivity contribution in [2.24, 2.45) is 5.92 Å². The van der Waals surface area contributed by atoms with E-state index in [4.69, 9.17) is 0 Å². The molecule has 6 rings (SSSR count). The maximum absolute atomic E-state index is 13.8. The van der Waals surface area contributed by atoms with Gasteiger partial charge in [-0.3, -0.25) is 9.59 Å². The van der Waals surface area contributed by atoms with Crippen molar-refractivity contribution in [3.8, 4) is 23.0 Å². The number of phenols is 4. The Balaban J connectivity index is 1.90. The third-order valence-electron chi connectivity index (χ3n) is 8.79. The Bertz CT molecular complexity index is 2100. The summed E-state index contributed by atoms with van der Waals surface area (Å²) in [7, 11) is 0. The van der Waals surface area contributed by atoms with E-state index in [-0.39, 0.29) is 40.4 Å². The first-order valence-corrected chi connectivity index (χ1v) is 19.5. The summed E-state index contributed by atoms with van der Waals surface area (Å²) in [4.78, 5) is 27.3. The summed E-state index contributed by atoms with van der Waals surface area (Å²) in [6.07, 6.45) is 2.00. The summed E-state index contributed by atoms with van der Waals surface area (Å²) >= 11 is 6.26. The number of allylic oxidation sites excluding steroid dienone is 1. The minimum Gasteiger partial charge on any atom is -0.507 e. The molecule has 2 saturated heterocycles. The van der Waals surface area contributed by atoms with E-state index in [0.717, 1.165) is 44.3 Å². The summed E-state index contributed by atoms with van der Waals surface area (Å²) in [5, 5.41) is 50.2. The highest BCUT2D eigenvalue weighted by Gasteiger charge is 2.37. The fourth-order valence-corrected chi connectivity index (χ4v) is 12.1. The zero-order valence-electron chi connectivity index (χ0n) is 26.8. The largest absolute Gasteiger partial charge is 0.507 e. The summed E-state index contributed by atoms with van der Waals surface area (Å²) in [5.41, 5.74) is 2.81. The Labute approximate surface area is 285 Å². The van der Waals surface area contributed by atoms with Crippen LogP contribution in [0.5, 0.6) is 23.0 Å². The van der Waals surface area contributed by atoms with E-state index in [9.17, 15) is 30.0 Å². The van der Waals surface area contributed by atoms with Crippen molar-refractivity contribution in [1.82, 2.24) is 0 Å². The molecule has 2 fully saturated rings. The molecule has 0 aromatic heterocycles. The van der Waals surface area contributed by atoms with Gasteiger partial charge in [0.25, 0.3) is 0 Å². The average Bonchev–Trinajstić information content (AvgIpc) is 3.01. The Morgan fingerprint density at radius 1 is 0.630 bits per heavy atom. The zero-order valence-corrected chi connectivity index (χ0v) is 30.1. The van der Waals surface area contributed by atoms with Crippen molar-refractivity contribution < 1.29 is 30.0 Å². The van der Waals surface area contributed by atoms with Crippen molar-refractivity contribution in [3.63, 3.8) is 0 Å². The molecule has 242 valence electrons. The Kier molecular flexibility index (Phi) is 9.21. The highest BCUT2D eigenvalue weighted by Crippen LogP contribution is 2.47. The number of carbonyl (C=O) groups excluding carboxylic acids is 2. The minimum atomic E-state index is -0.607. The van der Waals surface area contributed by atoms with Gasteiger partial charge in [-0.05, 0) is 83.3 Å². The van der Waals surface area contributed by atoms with E-state index < -0.39 is 11.6 Å². The maximum atomic E-state index is 13.8. The van der Waals surface area contributed by atoms with Crippen LogP contribution in [0, 0.1) is 30.2 Å². The quantitative estimate of drug-likeness (QED) is 0.126. The number of hydrogen-bond donors (Lipinski definition) is 4. The SMILES string of the molecule is Cc1cc2c(c(O)/c1=c1/c(C)cc3c(C(C)C)c(O)c(O)c(=C4SCCCS4)c3c1O)C(=C1SCCCS1)C(=O)C(=O)C=2C(C)C. The van der Waals surface area contributed by atoms with Gasteiger partial charge in [-0.2, -0.15) is 0 Å². The Morgan fingerprint density at radius 2 is 1.17 bits per heavy atom. The number of Topliss-reactive ketones (excluding diaryl/α,β-unsaturated/α-hetero) is 2. The number of rotatable bonds is 2. The molecule has 10 heteroatoms. The van der Waals surface area contributed by atoms with Gasteiger partial charge in [0.05, 0.1) is 19.3 Å². The number of carbonyl (C=O) groups is 2. The van der Waals surface area contributed by atoms with Crippen LogP contribution in [0.1, 0.15) is 68.7 Å². The molecular formula is C36H38O6S4. The van der Waals surface area contributed by atoms with Gasteiger partial charge < -0.3 is 20.4 Å². The lowest BCUT2D eigenvalue weighted by Crippen LogP contribution is -2.34. The highest BCUT2D eigenvalue weighted by molar-refractivity contribution is 8.30. The molecule has 0 unspecified atom stereocenters. The topological polar surface area (TPSA) is 115 Å². The number of phenolic OH excluding ortho intramolecular Hbond substituents is 4. The van der Waals surface area contributed by atoms with Crippen LogP contribution >= 0.6 is 47.0 Å². The summed E-state index contributed by atoms with van der Waals surface area (Å²) < 4.78 is 1.57. The lowest BCUT2D eigenvalue weighted by atomic mass is 9.81. The monoisotopic (exact) mass is 694 g/mol. The van der Waals surface area contributed by atoms with Gasteiger partial charge in [0, 0.05) is 32.5 Å². The van der Waals surface area contributed by atoms with Gasteiger partial charge in [-0.25, -0.2) is 0 Å². The molecule has 1 aliphatic carbocycles. The van der Waals surface area contributed by atoms with E-state index in [2.05, 4.69) is 0 Å². The Morgan fingerprint density at radius 3 is 1.74 bits per heavy atom. The first kappa shape index (κ1) is 33.2. The van der Waals surface area contributed by atoms with Crippen molar-refractivity contribution in [3.05, 3.63) is 59.5 Å². The van der Waals surface area contributed by atoms with Gasteiger partial charge in [0.2, 0.25) is 11.6 Å². The molecule has 2 aliphatic heterocycles. The van der Waals surface area contributed by atoms with Crippen LogP contribution in [0.25, 0.3) is 26.2 Å². The molecule has 3 aromatic rings. The van der Waals surface area contributed by atoms with Crippen molar-refractivity contribution in [2.75, 3.05) is 23.0 Å². The Hall–Kier alpha value is -2.66. The smallest absolute Gasteiger partial charge is 0.235 e. The first-order valence-electron chi connectivity index (χ1n) is 15.6. The van der Waals surface area contributed by atoms with Crippen LogP contribution in [0.15, 0.2) is 16.4 Å². The standard InChI is InChI=1S/C36H38O6S4/c1-15(2)21-19-13-17(5)23(29(37)25(19)27(33(41)31(21)39)35-43-9-7-10-44-35)24-18(6)14-20-22(16(3)4)32(40)34(42)28(26(20)30(24)38)36-45-11-8-12-46-36/h13-16,37-39,41H,7-12H2,1-6H3/b24-23-. The van der Waals surface area contributed by atoms with Crippen LogP contribution in [0.3, 0.4) is 0 Å². The maximum Gasteiger partial charge on any atom is 0.235 e. The molecule has 6 nitrogen and oxygen atoms in total. The number of hydrogen-bond acceptors (Lipinski definition) is 10. The van der Waals surface area contributed by atoms with Gasteiger partial charge in [0.15, 0.2) is 11.5 Å². The molecule has 0 amide bonds. The van der Waals surface area contributed by atoms with E-state index in [1.54, 1.807) is 23.5 Å². The first-order chi connectivity index (χ1) is 21.9. The number of ketones is 2. The molecular weight excluding hydrogens is 657 g/mol. The second-order valence-corrected chi connectivity index (χ2v) is 17.5. The molecule has 0 spiro atoms. The number of benzene rings is 3. The molecule has 46 heavy (non-hydrogen) atoms. The van der Waals surface area contributed by atoms with Crippen LogP contribution in [-0.4, -0.2) is 55.0 Å². The van der Waals surface area contributed by atoms with Crippen molar-refractivity contribution in [1.29, 1.82) is 0 Å². The second-order valence-electron chi connectivity index (χ2n) is 12.6. The van der Waals surface area contributed by atoms with Crippen LogP contribution in [0.2, 0.25) is 0 Å². The summed E-state index contributed by atoms with van der Waals surface area (Å²) in [5.74, 6) is 1.10. The third kappa shape index (κ3) is 5.24. The van der Waals surface area contributed by atoms with E-state index in [1.165, 1.54) is 23.5 Å². The van der Waals surface area contributed by atoms with Crippen LogP contribution < -0.4 is 10.4 Å². The second kappa shape index (κ2) is 12.7. The summed E-state index contributed by atoms with van der Waals surface area (Å²) in [6.45, 7) is 11.3. The molecule has 0 saturated carbocycles. The molecule has 2 heterocycles. The molecule has 0 bridgehead atoms. The molecule has 3 aromatic carbocycles. The molecule has 0 atom stereocenters. The molecule has 3 aliphatic rings. The minimum absolute atomic E-state index is 0.110. The fraction of sp³-hybridized carbons (Fsp3) is 0.389. The predicted molar refractivity (Wildman–Crippen MR) is 195 cm³/mol. The van der Waals surface area contributed by atoms with Crippen molar-refractivity contribution >= 4 is 84.8 Å². The molecule has 4 N–H and O–H groups in total. The van der Waals surface area contributed by atoms with Gasteiger partial charge in [-0.15, -0.1) is 47.0 Å². The van der Waals surface area contributed by atoms with Crippen molar-refractivity contribution in [2.45, 2.75) is 60.3 Å². The average molecular weight is 695 g/mol. The predicted octanol–water partition coefficient (Wildman–Crippen LogP) is 7.12. The van der Waals surface area contributed by atoms with E-state index in [0.29, 0.717) is 59.5 Å². The number of aryl methyl sites for hydroxylation is 2. The van der Waals surface area contributed by atoms with Gasteiger partial charge in [-0.1, -0.05) is 39.8 Å². The third-order valence-corrected chi connectivity index (χ3v) is 14.0. The number of fused-ring (bicyclic) bond motifs is 2. The number of thioether (sulfide) groups is 4. The number of aromatic hydroxyl groups is 4. The highest BCUT2D eigenvalue weighted by atomic mass is 32.2. The lowest BCUT2D eigenvalue weighted by Gasteiger charge is -2.25. The summed E-state index contributed by atoms with van der Waals surface area (Å²) in [6, 6.07) is 3.77. The fourth-order valence-electron chi connectivity index (χ4n) is 6.83.